The van der Waals surface area contributed by atoms with Gasteiger partial charge in [0.05, 0.1) is 19.5 Å². The molecule has 2 rings (SSSR count). The third-order valence-corrected chi connectivity index (χ3v) is 2.94. The molecule has 3 unspecified atom stereocenters. The van der Waals surface area contributed by atoms with E-state index in [1.807, 2.05) is 0 Å². The Morgan fingerprint density at radius 1 is 1.71 bits per heavy atom. The van der Waals surface area contributed by atoms with Crippen molar-refractivity contribution in [2.75, 3.05) is 13.6 Å². The Kier molecular flexibility index (Phi) is 0.419. The van der Waals surface area contributed by atoms with Crippen molar-refractivity contribution in [3.05, 3.63) is 0 Å². The third-order valence-electron chi connectivity index (χ3n) is 2.94. The summed E-state index contributed by atoms with van der Waals surface area (Å²) in [6, 6.07) is 0. The minimum absolute atomic E-state index is 0.764. The summed E-state index contributed by atoms with van der Waals surface area (Å²) in [6.45, 7) is 3.83. The molecule has 0 aromatic carbocycles. The van der Waals surface area contributed by atoms with Crippen molar-refractivity contribution < 1.29 is 4.90 Å². The van der Waals surface area contributed by atoms with Gasteiger partial charge in [0.15, 0.2) is 0 Å². The molecule has 1 N–H and O–H groups in total. The van der Waals surface area contributed by atoms with E-state index in [9.17, 15) is 0 Å². The van der Waals surface area contributed by atoms with Gasteiger partial charge in [-0.2, -0.15) is 0 Å². The molecule has 0 radical (unpaired) electrons. The molecule has 2 fully saturated rings. The summed E-state index contributed by atoms with van der Waals surface area (Å²) in [6.07, 6.45) is 1.50. The summed E-state index contributed by atoms with van der Waals surface area (Å²) in [5, 5.41) is 0. The van der Waals surface area contributed by atoms with Crippen molar-refractivity contribution in [3.63, 3.8) is 0 Å². The van der Waals surface area contributed by atoms with Crippen LogP contribution in [-0.4, -0.2) is 19.1 Å². The zero-order chi connectivity index (χ0) is 5.07. The van der Waals surface area contributed by atoms with E-state index < -0.39 is 0 Å². The lowest BCUT2D eigenvalue weighted by atomic mass is 10.1. The predicted molar refractivity (Wildman–Crippen MR) is 28.3 cm³/mol. The first-order chi connectivity index (χ1) is 3.23. The second-order valence-electron chi connectivity index (χ2n) is 3.30. The van der Waals surface area contributed by atoms with Crippen molar-refractivity contribution in [2.24, 2.45) is 5.92 Å². The van der Waals surface area contributed by atoms with Gasteiger partial charge < -0.3 is 4.90 Å². The Bertz CT molecular complexity index is 109. The van der Waals surface area contributed by atoms with Crippen LogP contribution in [0.25, 0.3) is 0 Å². The van der Waals surface area contributed by atoms with Crippen molar-refractivity contribution >= 4 is 0 Å². The lowest BCUT2D eigenvalue weighted by molar-refractivity contribution is -0.954. The summed E-state index contributed by atoms with van der Waals surface area (Å²) in [5.74, 6) is 1.12. The second-order valence-corrected chi connectivity index (χ2v) is 3.30. The van der Waals surface area contributed by atoms with Crippen LogP contribution in [0.15, 0.2) is 0 Å². The van der Waals surface area contributed by atoms with E-state index >= 15 is 0 Å². The van der Waals surface area contributed by atoms with Crippen molar-refractivity contribution in [2.45, 2.75) is 18.9 Å². The SMILES string of the molecule is C[NH+]1CC2CC21C. The van der Waals surface area contributed by atoms with Gasteiger partial charge in [-0.25, -0.2) is 0 Å². The maximum Gasteiger partial charge on any atom is 0.104 e. The number of quaternary nitrogens is 1. The molecular weight excluding hydrogens is 86.1 g/mol. The van der Waals surface area contributed by atoms with Gasteiger partial charge in [0.1, 0.15) is 5.54 Å². The highest BCUT2D eigenvalue weighted by atomic mass is 15.3. The number of hydrogen-bond acceptors (Lipinski definition) is 0. The van der Waals surface area contributed by atoms with Crippen LogP contribution >= 0.6 is 0 Å². The van der Waals surface area contributed by atoms with Gasteiger partial charge in [-0.3, -0.25) is 0 Å². The molecule has 1 saturated carbocycles. The number of fused-ring (bicyclic) bond motifs is 1. The first-order valence-electron chi connectivity index (χ1n) is 3.06. The lowest BCUT2D eigenvalue weighted by Crippen LogP contribution is -3.20. The molecule has 2 aliphatic rings. The summed E-state index contributed by atoms with van der Waals surface area (Å²) in [7, 11) is 2.30. The normalized spacial score (nSPS) is 66.0. The average Bonchev–Trinajstić information content (AvgIpc) is 2.13. The van der Waals surface area contributed by atoms with Gasteiger partial charge in [-0.05, 0) is 6.92 Å². The van der Waals surface area contributed by atoms with Crippen LogP contribution in [-0.2, 0) is 0 Å². The minimum Gasteiger partial charge on any atom is -0.332 e. The molecule has 1 saturated heterocycles. The molecule has 1 heterocycles. The molecule has 0 aromatic heterocycles. The topological polar surface area (TPSA) is 4.44 Å². The molecule has 40 valence electrons. The van der Waals surface area contributed by atoms with Crippen LogP contribution in [0.4, 0.5) is 0 Å². The highest BCUT2D eigenvalue weighted by Crippen LogP contribution is 2.44. The summed E-state index contributed by atoms with van der Waals surface area (Å²) in [4.78, 5) is 1.75. The van der Waals surface area contributed by atoms with E-state index in [2.05, 4.69) is 14.0 Å². The molecule has 0 amide bonds. The van der Waals surface area contributed by atoms with Crippen LogP contribution in [0, 0.1) is 5.92 Å². The molecular formula is C6H12N+. The number of hydrogen-bond donors (Lipinski definition) is 1. The van der Waals surface area contributed by atoms with Crippen LogP contribution in [0.3, 0.4) is 0 Å². The largest absolute Gasteiger partial charge is 0.332 e. The van der Waals surface area contributed by atoms with Crippen molar-refractivity contribution in [1.29, 1.82) is 0 Å². The molecule has 1 aliphatic carbocycles. The average molecular weight is 98.2 g/mol. The number of rotatable bonds is 0. The van der Waals surface area contributed by atoms with Gasteiger partial charge in [0, 0.05) is 6.42 Å². The Morgan fingerprint density at radius 2 is 2.43 bits per heavy atom. The monoisotopic (exact) mass is 98.1 g/mol. The van der Waals surface area contributed by atoms with Crippen LogP contribution < -0.4 is 4.90 Å². The van der Waals surface area contributed by atoms with E-state index in [0.717, 1.165) is 11.5 Å². The summed E-state index contributed by atoms with van der Waals surface area (Å²) < 4.78 is 0. The quantitative estimate of drug-likeness (QED) is 0.408. The third kappa shape index (κ3) is 0.260. The number of nitrogens with one attached hydrogen (secondary N) is 1. The molecule has 0 aromatic rings. The predicted octanol–water partition coefficient (Wildman–Crippen LogP) is -0.707. The Hall–Kier alpha value is -0.0400. The maximum absolute atomic E-state index is 2.39. The molecule has 0 bridgehead atoms. The van der Waals surface area contributed by atoms with Gasteiger partial charge in [-0.1, -0.05) is 0 Å². The highest BCUT2D eigenvalue weighted by Gasteiger charge is 2.67. The lowest BCUT2D eigenvalue weighted by Gasteiger charge is -2.30. The van der Waals surface area contributed by atoms with Crippen molar-refractivity contribution in [3.8, 4) is 0 Å². The second kappa shape index (κ2) is 0.752. The van der Waals surface area contributed by atoms with E-state index in [1.54, 1.807) is 4.90 Å². The minimum atomic E-state index is 0.764. The highest BCUT2D eigenvalue weighted by molar-refractivity contribution is 5.05. The van der Waals surface area contributed by atoms with Crippen molar-refractivity contribution in [1.82, 2.24) is 0 Å². The standard InChI is InChI=1S/C6H11N/c1-6-3-5(6)4-7(6)2/h5H,3-4H2,1-2H3/p+1. The van der Waals surface area contributed by atoms with Gasteiger partial charge in [0.2, 0.25) is 0 Å². The van der Waals surface area contributed by atoms with E-state index in [-0.39, 0.29) is 0 Å². The zero-order valence-corrected chi connectivity index (χ0v) is 4.99. The van der Waals surface area contributed by atoms with Crippen LogP contribution in [0.5, 0.6) is 0 Å². The number of likely N-dealkylation sites (tertiary alicyclic amines) is 1. The maximum atomic E-state index is 2.39. The molecule has 1 aliphatic heterocycles. The first-order valence-corrected chi connectivity index (χ1v) is 3.06. The molecule has 1 nitrogen and oxygen atoms in total. The zero-order valence-electron chi connectivity index (χ0n) is 4.99. The molecule has 0 spiro atoms. The smallest absolute Gasteiger partial charge is 0.104 e. The van der Waals surface area contributed by atoms with E-state index in [4.69, 9.17) is 0 Å². The fourth-order valence-electron chi connectivity index (χ4n) is 1.74. The summed E-state index contributed by atoms with van der Waals surface area (Å²) >= 11 is 0. The molecule has 3 atom stereocenters. The molecule has 7 heavy (non-hydrogen) atoms. The Balaban J connectivity index is 2.17. The van der Waals surface area contributed by atoms with E-state index in [0.29, 0.717) is 0 Å². The fraction of sp³-hybridized carbons (Fsp3) is 1.00. The first kappa shape index (κ1) is 3.90. The van der Waals surface area contributed by atoms with Gasteiger partial charge >= 0.3 is 0 Å². The van der Waals surface area contributed by atoms with Crippen LogP contribution in [0.1, 0.15) is 13.3 Å². The van der Waals surface area contributed by atoms with Crippen LogP contribution in [0.2, 0.25) is 0 Å². The van der Waals surface area contributed by atoms with Gasteiger partial charge in [-0.15, -0.1) is 0 Å². The van der Waals surface area contributed by atoms with E-state index in [1.165, 1.54) is 13.0 Å². The Labute approximate surface area is 44.3 Å². The Morgan fingerprint density at radius 3 is 2.43 bits per heavy atom. The van der Waals surface area contributed by atoms with Gasteiger partial charge in [0.25, 0.3) is 0 Å². The summed E-state index contributed by atoms with van der Waals surface area (Å²) in [5.41, 5.74) is 0.764. The fourth-order valence-corrected chi connectivity index (χ4v) is 1.74. The molecule has 1 heteroatoms.